The van der Waals surface area contributed by atoms with E-state index in [9.17, 15) is 13.2 Å². The number of hydrogen-bond acceptors (Lipinski definition) is 8. The van der Waals surface area contributed by atoms with E-state index >= 15 is 0 Å². The minimum Gasteiger partial charge on any atom is -0.479 e. The van der Waals surface area contributed by atoms with Gasteiger partial charge in [0.1, 0.15) is 16.7 Å². The lowest BCUT2D eigenvalue weighted by Gasteiger charge is -2.37. The number of pyridine rings is 1. The van der Waals surface area contributed by atoms with E-state index < -0.39 is 15.9 Å². The standard InChI is InChI=1S/C19H22ClN5O4S/c1-30(27,28)18-3-2-14(10-23-18)29-15-6-9-25(19(15)26)13-4-7-24(8-5-13)17-12-21-16(20)11-22-17/h2-3,10-13,15H,4-9H2,1H3/t15-/m0/s1. The van der Waals surface area contributed by atoms with Crippen LogP contribution in [0.4, 0.5) is 5.82 Å². The van der Waals surface area contributed by atoms with Crippen molar-refractivity contribution in [3.05, 3.63) is 35.9 Å². The lowest BCUT2D eigenvalue weighted by atomic mass is 10.0. The first-order valence-corrected chi connectivity index (χ1v) is 11.9. The lowest BCUT2D eigenvalue weighted by Crippen LogP contribution is -2.47. The number of ether oxygens (including phenoxy) is 1. The normalized spacial score (nSPS) is 20.6. The van der Waals surface area contributed by atoms with E-state index in [0.717, 1.165) is 38.0 Å². The van der Waals surface area contributed by atoms with Crippen LogP contribution in [-0.4, -0.2) is 72.2 Å². The van der Waals surface area contributed by atoms with Crippen LogP contribution < -0.4 is 9.64 Å². The van der Waals surface area contributed by atoms with E-state index in [0.29, 0.717) is 23.9 Å². The van der Waals surface area contributed by atoms with Gasteiger partial charge in [0.2, 0.25) is 0 Å². The Morgan fingerprint density at radius 2 is 1.80 bits per heavy atom. The molecule has 0 bridgehead atoms. The molecule has 4 heterocycles. The number of likely N-dealkylation sites (tertiary alicyclic amines) is 1. The number of halogens is 1. The third-order valence-corrected chi connectivity index (χ3v) is 6.59. The van der Waals surface area contributed by atoms with Gasteiger partial charge in [-0.2, -0.15) is 0 Å². The molecule has 2 aliphatic heterocycles. The molecule has 4 rings (SSSR count). The van der Waals surface area contributed by atoms with Crippen LogP contribution in [0, 0.1) is 0 Å². The summed E-state index contributed by atoms with van der Waals surface area (Å²) in [5, 5.41) is 0.342. The van der Waals surface area contributed by atoms with Gasteiger partial charge in [-0.1, -0.05) is 11.6 Å². The van der Waals surface area contributed by atoms with Gasteiger partial charge in [-0.3, -0.25) is 4.79 Å². The maximum Gasteiger partial charge on any atom is 0.263 e. The molecule has 0 radical (unpaired) electrons. The molecule has 9 nitrogen and oxygen atoms in total. The second kappa shape index (κ2) is 8.35. The first kappa shape index (κ1) is 20.8. The number of piperidine rings is 1. The topological polar surface area (TPSA) is 106 Å². The fraction of sp³-hybridized carbons (Fsp3) is 0.474. The summed E-state index contributed by atoms with van der Waals surface area (Å²) in [6, 6.07) is 3.08. The Kier molecular flexibility index (Phi) is 5.79. The highest BCUT2D eigenvalue weighted by molar-refractivity contribution is 7.90. The quantitative estimate of drug-likeness (QED) is 0.674. The fourth-order valence-corrected chi connectivity index (χ4v) is 4.50. The van der Waals surface area contributed by atoms with Crippen molar-refractivity contribution in [3.63, 3.8) is 0 Å². The molecule has 0 saturated carbocycles. The Balaban J connectivity index is 1.33. The zero-order chi connectivity index (χ0) is 21.3. The van der Waals surface area contributed by atoms with Crippen LogP contribution >= 0.6 is 11.6 Å². The molecule has 2 fully saturated rings. The van der Waals surface area contributed by atoms with E-state index in [1.54, 1.807) is 6.20 Å². The van der Waals surface area contributed by atoms with Crippen molar-refractivity contribution in [3.8, 4) is 5.75 Å². The molecule has 2 aliphatic rings. The Morgan fingerprint density at radius 3 is 2.40 bits per heavy atom. The number of nitrogens with zero attached hydrogens (tertiary/aromatic N) is 5. The van der Waals surface area contributed by atoms with Gasteiger partial charge in [-0.15, -0.1) is 0 Å². The molecule has 1 atom stereocenters. The Morgan fingerprint density at radius 1 is 1.03 bits per heavy atom. The molecule has 0 aromatic carbocycles. The zero-order valence-corrected chi connectivity index (χ0v) is 18.0. The van der Waals surface area contributed by atoms with E-state index in [4.69, 9.17) is 16.3 Å². The van der Waals surface area contributed by atoms with Crippen molar-refractivity contribution in [1.29, 1.82) is 0 Å². The number of sulfone groups is 1. The van der Waals surface area contributed by atoms with Gasteiger partial charge < -0.3 is 14.5 Å². The maximum atomic E-state index is 12.9. The van der Waals surface area contributed by atoms with Crippen molar-refractivity contribution in [2.75, 3.05) is 30.8 Å². The van der Waals surface area contributed by atoms with Gasteiger partial charge in [0.15, 0.2) is 21.0 Å². The van der Waals surface area contributed by atoms with Crippen LogP contribution in [0.25, 0.3) is 0 Å². The number of anilines is 1. The van der Waals surface area contributed by atoms with Gasteiger partial charge in [-0.25, -0.2) is 23.4 Å². The largest absolute Gasteiger partial charge is 0.479 e. The van der Waals surface area contributed by atoms with Crippen molar-refractivity contribution in [1.82, 2.24) is 19.9 Å². The average Bonchev–Trinajstić information content (AvgIpc) is 3.09. The molecular formula is C19H22ClN5O4S. The van der Waals surface area contributed by atoms with Crippen molar-refractivity contribution < 1.29 is 17.9 Å². The predicted octanol–water partition coefficient (Wildman–Crippen LogP) is 1.58. The molecule has 0 aliphatic carbocycles. The average molecular weight is 452 g/mol. The predicted molar refractivity (Wildman–Crippen MR) is 110 cm³/mol. The van der Waals surface area contributed by atoms with E-state index in [2.05, 4.69) is 19.9 Å². The maximum absolute atomic E-state index is 12.9. The summed E-state index contributed by atoms with van der Waals surface area (Å²) in [6.45, 7) is 2.21. The van der Waals surface area contributed by atoms with Crippen LogP contribution in [0.5, 0.6) is 5.75 Å². The molecule has 2 aromatic heterocycles. The first-order chi connectivity index (χ1) is 14.3. The van der Waals surface area contributed by atoms with E-state index in [1.165, 1.54) is 24.5 Å². The number of aromatic nitrogens is 3. The van der Waals surface area contributed by atoms with Gasteiger partial charge in [-0.05, 0) is 25.0 Å². The molecule has 0 unspecified atom stereocenters. The molecule has 30 heavy (non-hydrogen) atoms. The third kappa shape index (κ3) is 4.49. The summed E-state index contributed by atoms with van der Waals surface area (Å²) in [5.74, 6) is 1.14. The van der Waals surface area contributed by atoms with Crippen LogP contribution in [0.2, 0.25) is 5.15 Å². The molecule has 11 heteroatoms. The molecule has 160 valence electrons. The minimum atomic E-state index is -3.37. The summed E-state index contributed by atoms with van der Waals surface area (Å²) >= 11 is 5.80. The summed E-state index contributed by atoms with van der Waals surface area (Å²) in [7, 11) is -3.37. The third-order valence-electron chi connectivity index (χ3n) is 5.39. The van der Waals surface area contributed by atoms with E-state index in [1.807, 2.05) is 4.90 Å². The molecule has 0 spiro atoms. The summed E-state index contributed by atoms with van der Waals surface area (Å²) in [6.07, 6.45) is 7.34. The van der Waals surface area contributed by atoms with Gasteiger partial charge in [0.25, 0.3) is 5.91 Å². The summed E-state index contributed by atoms with van der Waals surface area (Å²) in [5.41, 5.74) is 0. The number of carbonyl (C=O) groups is 1. The molecule has 1 amide bonds. The van der Waals surface area contributed by atoms with Crippen LogP contribution in [-0.2, 0) is 14.6 Å². The highest BCUT2D eigenvalue weighted by Crippen LogP contribution is 2.27. The summed E-state index contributed by atoms with van der Waals surface area (Å²) < 4.78 is 28.8. The van der Waals surface area contributed by atoms with Crippen LogP contribution in [0.1, 0.15) is 19.3 Å². The second-order valence-corrected chi connectivity index (χ2v) is 9.80. The Labute approximate surface area is 180 Å². The number of carbonyl (C=O) groups excluding carboxylic acids is 1. The van der Waals surface area contributed by atoms with Gasteiger partial charge >= 0.3 is 0 Å². The Bertz CT molecular complexity index is 1010. The van der Waals surface area contributed by atoms with Crippen LogP contribution in [0.15, 0.2) is 35.7 Å². The molecule has 0 N–H and O–H groups in total. The second-order valence-electron chi connectivity index (χ2n) is 7.45. The van der Waals surface area contributed by atoms with Crippen molar-refractivity contribution >= 4 is 33.2 Å². The number of hydrogen-bond donors (Lipinski definition) is 0. The molecular weight excluding hydrogens is 430 g/mol. The zero-order valence-electron chi connectivity index (χ0n) is 16.4. The smallest absolute Gasteiger partial charge is 0.263 e. The first-order valence-electron chi connectivity index (χ1n) is 9.67. The summed E-state index contributed by atoms with van der Waals surface area (Å²) in [4.78, 5) is 29.2. The minimum absolute atomic E-state index is 0.0219. The van der Waals surface area contributed by atoms with Gasteiger partial charge in [0.05, 0.1) is 18.6 Å². The highest BCUT2D eigenvalue weighted by Gasteiger charge is 2.38. The molecule has 2 aromatic rings. The number of rotatable bonds is 5. The lowest BCUT2D eigenvalue weighted by molar-refractivity contribution is -0.135. The highest BCUT2D eigenvalue weighted by atomic mass is 35.5. The van der Waals surface area contributed by atoms with Crippen molar-refractivity contribution in [2.45, 2.75) is 36.4 Å². The molecule has 2 saturated heterocycles. The van der Waals surface area contributed by atoms with Crippen molar-refractivity contribution in [2.24, 2.45) is 0 Å². The number of amides is 1. The van der Waals surface area contributed by atoms with Gasteiger partial charge in [0, 0.05) is 38.4 Å². The fourth-order valence-electron chi connectivity index (χ4n) is 3.84. The SMILES string of the molecule is CS(=O)(=O)c1ccc(O[C@H]2CCN(C3CCN(c4cnc(Cl)cn4)CC3)C2=O)cn1. The van der Waals surface area contributed by atoms with E-state index in [-0.39, 0.29) is 17.0 Å². The Hall–Kier alpha value is -2.46. The monoisotopic (exact) mass is 451 g/mol. The van der Waals surface area contributed by atoms with Crippen LogP contribution in [0.3, 0.4) is 0 Å².